The van der Waals surface area contributed by atoms with Crippen LogP contribution in [0.15, 0.2) is 4.79 Å². The van der Waals surface area contributed by atoms with E-state index >= 15 is 0 Å². The summed E-state index contributed by atoms with van der Waals surface area (Å²) in [6.45, 7) is 6.82. The number of aliphatic hydroxyl groups excluding tert-OH is 1. The van der Waals surface area contributed by atoms with Crippen molar-refractivity contribution < 1.29 is 10.2 Å². The molecule has 4 heteroatoms. The summed E-state index contributed by atoms with van der Waals surface area (Å²) in [6, 6.07) is -0.469. The Kier molecular flexibility index (Phi) is 3.05. The molecule has 4 N–H and O–H groups in total. The molecule has 0 aliphatic heterocycles. The van der Waals surface area contributed by atoms with Crippen molar-refractivity contribution in [2.24, 2.45) is 11.7 Å². The van der Waals surface area contributed by atoms with Crippen molar-refractivity contribution >= 4 is 0 Å². The molecule has 86 valence electrons. The lowest BCUT2D eigenvalue weighted by atomic mass is 9.96. The van der Waals surface area contributed by atoms with E-state index in [4.69, 9.17) is 5.73 Å². The first-order valence-corrected chi connectivity index (χ1v) is 5.13. The van der Waals surface area contributed by atoms with Crippen LogP contribution >= 0.6 is 0 Å². The predicted molar refractivity (Wildman–Crippen MR) is 58.1 cm³/mol. The zero-order chi connectivity index (χ0) is 12.0. The van der Waals surface area contributed by atoms with Crippen molar-refractivity contribution in [3.05, 3.63) is 21.4 Å². The maximum atomic E-state index is 11.4. The van der Waals surface area contributed by atoms with Gasteiger partial charge >= 0.3 is 0 Å². The molecule has 0 bridgehead atoms. The molecule has 0 radical (unpaired) electrons. The van der Waals surface area contributed by atoms with Gasteiger partial charge in [0.15, 0.2) is 5.43 Å². The van der Waals surface area contributed by atoms with E-state index < -0.39 is 17.7 Å². The number of hydrogen-bond donors (Lipinski definition) is 3. The van der Waals surface area contributed by atoms with Crippen molar-refractivity contribution in [2.75, 3.05) is 0 Å². The molecule has 1 aromatic rings. The molecule has 0 aliphatic carbocycles. The minimum Gasteiger partial charge on any atom is -0.387 e. The SMILES string of the molecule is CC(C)[C@H](N)C(O)c1c(C(C)(C)O)c1=O. The standard InChI is InChI=1S/C11H19NO3/c1-5(2)8(12)10(14)6-7(9(6)13)11(3,4)15/h5,8,10,14-15H,12H2,1-4H3/t8-,10?/m0/s1. The number of aliphatic hydroxyl groups is 2. The van der Waals surface area contributed by atoms with E-state index in [0.29, 0.717) is 11.1 Å². The van der Waals surface area contributed by atoms with Crippen LogP contribution < -0.4 is 11.2 Å². The number of rotatable bonds is 4. The number of nitrogens with two attached hydrogens (primary N) is 1. The highest BCUT2D eigenvalue weighted by Crippen LogP contribution is 2.32. The second-order valence-corrected chi connectivity index (χ2v) is 4.94. The van der Waals surface area contributed by atoms with Gasteiger partial charge in [-0.15, -0.1) is 0 Å². The molecule has 1 aromatic carbocycles. The Hall–Kier alpha value is -0.710. The van der Waals surface area contributed by atoms with Crippen LogP contribution in [0.5, 0.6) is 0 Å². The van der Waals surface area contributed by atoms with Gasteiger partial charge in [-0.1, -0.05) is 13.8 Å². The van der Waals surface area contributed by atoms with Crippen LogP contribution in [-0.4, -0.2) is 16.3 Å². The smallest absolute Gasteiger partial charge is 0.191 e. The van der Waals surface area contributed by atoms with Gasteiger partial charge in [0.2, 0.25) is 0 Å². The van der Waals surface area contributed by atoms with Gasteiger partial charge in [-0.2, -0.15) is 0 Å². The average molecular weight is 213 g/mol. The normalized spacial score (nSPS) is 17.3. The van der Waals surface area contributed by atoms with Gasteiger partial charge in [0.1, 0.15) is 0 Å². The first kappa shape index (κ1) is 12.4. The molecule has 4 nitrogen and oxygen atoms in total. The molecule has 15 heavy (non-hydrogen) atoms. The molecule has 1 unspecified atom stereocenters. The first-order chi connectivity index (χ1) is 6.68. The van der Waals surface area contributed by atoms with E-state index in [9.17, 15) is 15.0 Å². The van der Waals surface area contributed by atoms with E-state index in [2.05, 4.69) is 0 Å². The topological polar surface area (TPSA) is 83.6 Å². The van der Waals surface area contributed by atoms with Gasteiger partial charge in [0.25, 0.3) is 0 Å². The lowest BCUT2D eigenvalue weighted by Crippen LogP contribution is -2.33. The zero-order valence-corrected chi connectivity index (χ0v) is 9.61. The fourth-order valence-corrected chi connectivity index (χ4v) is 1.63. The van der Waals surface area contributed by atoms with Crippen LogP contribution in [0, 0.1) is 5.92 Å². The van der Waals surface area contributed by atoms with E-state index in [1.807, 2.05) is 13.8 Å². The molecule has 0 aromatic heterocycles. The third kappa shape index (κ3) is 2.27. The summed E-state index contributed by atoms with van der Waals surface area (Å²) in [7, 11) is 0. The summed E-state index contributed by atoms with van der Waals surface area (Å²) in [5, 5.41) is 19.5. The highest BCUT2D eigenvalue weighted by molar-refractivity contribution is 5.45. The Balaban J connectivity index is 2.86. The monoisotopic (exact) mass is 213 g/mol. The predicted octanol–water partition coefficient (Wildman–Crippen LogP) is 0.166. The van der Waals surface area contributed by atoms with Gasteiger partial charge in [-0.25, -0.2) is 0 Å². The van der Waals surface area contributed by atoms with Crippen molar-refractivity contribution in [3.63, 3.8) is 0 Å². The fraction of sp³-hybridized carbons (Fsp3) is 0.727. The summed E-state index contributed by atoms with van der Waals surface area (Å²) in [5.74, 6) is 0.0870. The van der Waals surface area contributed by atoms with Crippen molar-refractivity contribution in [3.8, 4) is 0 Å². The van der Waals surface area contributed by atoms with Gasteiger partial charge in [0.05, 0.1) is 11.7 Å². The third-order valence-corrected chi connectivity index (χ3v) is 2.72. The first-order valence-electron chi connectivity index (χ1n) is 5.13. The van der Waals surface area contributed by atoms with Crippen LogP contribution in [0.4, 0.5) is 0 Å². The second-order valence-electron chi connectivity index (χ2n) is 4.94. The lowest BCUT2D eigenvalue weighted by Gasteiger charge is -2.20. The van der Waals surface area contributed by atoms with Crippen LogP contribution in [-0.2, 0) is 5.60 Å². The minimum absolute atomic E-state index is 0.0870. The highest BCUT2D eigenvalue weighted by atomic mass is 16.3. The van der Waals surface area contributed by atoms with Crippen molar-refractivity contribution in [1.82, 2.24) is 0 Å². The van der Waals surface area contributed by atoms with Crippen LogP contribution in [0.2, 0.25) is 0 Å². The van der Waals surface area contributed by atoms with Crippen LogP contribution in [0.25, 0.3) is 0 Å². The third-order valence-electron chi connectivity index (χ3n) is 2.72. The molecule has 0 heterocycles. The molecule has 0 saturated heterocycles. The summed E-state index contributed by atoms with van der Waals surface area (Å²) >= 11 is 0. The second kappa shape index (κ2) is 3.70. The summed E-state index contributed by atoms with van der Waals surface area (Å²) < 4.78 is 0. The lowest BCUT2D eigenvalue weighted by molar-refractivity contribution is 0.0764. The molecule has 1 rings (SSSR count). The molecule has 0 fully saturated rings. The van der Waals surface area contributed by atoms with Crippen molar-refractivity contribution in [1.29, 1.82) is 0 Å². The largest absolute Gasteiger partial charge is 0.387 e. The van der Waals surface area contributed by atoms with E-state index in [0.717, 1.165) is 0 Å². The highest BCUT2D eigenvalue weighted by Gasteiger charge is 2.40. The summed E-state index contributed by atoms with van der Waals surface area (Å²) in [6.07, 6.45) is -0.959. The van der Waals surface area contributed by atoms with Crippen LogP contribution in [0.1, 0.15) is 44.9 Å². The van der Waals surface area contributed by atoms with Gasteiger partial charge in [-0.3, -0.25) is 4.79 Å². The molecule has 0 spiro atoms. The molecular formula is C11H19NO3. The molecule has 0 saturated carbocycles. The molecular weight excluding hydrogens is 194 g/mol. The van der Waals surface area contributed by atoms with Crippen LogP contribution in [0.3, 0.4) is 0 Å². The quantitative estimate of drug-likeness (QED) is 0.665. The molecule has 2 atom stereocenters. The maximum Gasteiger partial charge on any atom is 0.191 e. The van der Waals surface area contributed by atoms with Gasteiger partial charge < -0.3 is 15.9 Å². The Bertz CT molecular complexity index is 356. The molecule has 0 aliphatic rings. The Morgan fingerprint density at radius 2 is 1.80 bits per heavy atom. The van der Waals surface area contributed by atoms with Gasteiger partial charge in [-0.05, 0) is 19.8 Å². The van der Waals surface area contributed by atoms with E-state index in [1.54, 1.807) is 0 Å². The Morgan fingerprint density at radius 1 is 1.33 bits per heavy atom. The Labute approximate surface area is 89.4 Å². The van der Waals surface area contributed by atoms with E-state index in [1.165, 1.54) is 13.8 Å². The van der Waals surface area contributed by atoms with E-state index in [-0.39, 0.29) is 11.3 Å². The van der Waals surface area contributed by atoms with Gasteiger partial charge in [0, 0.05) is 17.2 Å². The molecule has 0 amide bonds. The maximum absolute atomic E-state index is 11.4. The van der Waals surface area contributed by atoms with Crippen molar-refractivity contribution in [2.45, 2.75) is 45.4 Å². The average Bonchev–Trinajstić information content (AvgIpc) is 2.73. The summed E-state index contributed by atoms with van der Waals surface area (Å²) in [5.41, 5.74) is 4.94. The fourth-order valence-electron chi connectivity index (χ4n) is 1.63. The number of hydrogen-bond acceptors (Lipinski definition) is 4. The zero-order valence-electron chi connectivity index (χ0n) is 9.61. The summed E-state index contributed by atoms with van der Waals surface area (Å²) in [4.78, 5) is 11.4. The Morgan fingerprint density at radius 3 is 2.07 bits per heavy atom. The minimum atomic E-state index is -1.18.